The highest BCUT2D eigenvalue weighted by atomic mass is 16.5. The minimum absolute atomic E-state index is 0.0205. The normalized spacial score (nSPS) is 22.7. The lowest BCUT2D eigenvalue weighted by molar-refractivity contribution is -0.146. The number of aryl methyl sites for hydroxylation is 2. The molecule has 1 aromatic carbocycles. The smallest absolute Gasteiger partial charge is 0.311 e. The first-order valence-corrected chi connectivity index (χ1v) is 6.42. The van der Waals surface area contributed by atoms with Gasteiger partial charge < -0.3 is 9.64 Å². The molecule has 1 amide bonds. The van der Waals surface area contributed by atoms with Crippen LogP contribution in [0.1, 0.15) is 24.5 Å². The van der Waals surface area contributed by atoms with Gasteiger partial charge in [-0.25, -0.2) is 0 Å². The van der Waals surface area contributed by atoms with Crippen molar-refractivity contribution in [1.29, 1.82) is 0 Å². The first kappa shape index (κ1) is 13.6. The second-order valence-corrected chi connectivity index (χ2v) is 5.18. The van der Waals surface area contributed by atoms with Crippen molar-refractivity contribution in [3.63, 3.8) is 0 Å². The van der Waals surface area contributed by atoms with Gasteiger partial charge in [-0.15, -0.1) is 0 Å². The number of hydrogen-bond donors (Lipinski definition) is 0. The highest BCUT2D eigenvalue weighted by molar-refractivity contribution is 6.00. The predicted octanol–water partition coefficient (Wildman–Crippen LogP) is 2.22. The molecule has 1 heterocycles. The van der Waals surface area contributed by atoms with Gasteiger partial charge in [0.15, 0.2) is 0 Å². The molecule has 0 aliphatic carbocycles. The molecule has 1 aliphatic heterocycles. The molecule has 0 saturated carbocycles. The molecule has 1 fully saturated rings. The Balaban J connectivity index is 2.34. The third kappa shape index (κ3) is 2.48. The Hall–Kier alpha value is -1.84. The molecule has 1 aromatic rings. The average Bonchev–Trinajstić information content (AvgIpc) is 2.62. The number of benzene rings is 1. The minimum atomic E-state index is -0.377. The number of ether oxygens (including phenoxy) is 1. The zero-order chi connectivity index (χ0) is 14.2. The van der Waals surface area contributed by atoms with Gasteiger partial charge in [0, 0.05) is 18.2 Å². The van der Waals surface area contributed by atoms with E-state index >= 15 is 0 Å². The number of hydrogen-bond acceptors (Lipinski definition) is 3. The molecule has 2 unspecified atom stereocenters. The summed E-state index contributed by atoms with van der Waals surface area (Å²) in [6.45, 7) is 5.89. The van der Waals surface area contributed by atoms with Crippen molar-refractivity contribution >= 4 is 17.6 Å². The van der Waals surface area contributed by atoms with E-state index in [0.29, 0.717) is 0 Å². The molecule has 0 radical (unpaired) electrons. The second kappa shape index (κ2) is 5.03. The number of carbonyl (C=O) groups is 2. The highest BCUT2D eigenvalue weighted by Crippen LogP contribution is 2.32. The van der Waals surface area contributed by atoms with Crippen molar-refractivity contribution < 1.29 is 14.3 Å². The summed E-state index contributed by atoms with van der Waals surface area (Å²) in [5.74, 6) is -0.709. The van der Waals surface area contributed by atoms with E-state index in [1.807, 2.05) is 32.9 Å². The lowest BCUT2D eigenvalue weighted by Gasteiger charge is -2.24. The molecule has 0 aromatic heterocycles. The van der Waals surface area contributed by atoms with Gasteiger partial charge >= 0.3 is 5.97 Å². The molecule has 0 N–H and O–H groups in total. The maximum atomic E-state index is 12.2. The van der Waals surface area contributed by atoms with Crippen LogP contribution < -0.4 is 4.90 Å². The standard InChI is InChI=1S/C15H19NO3/c1-9-5-10(2)7-12(6-9)16-11(3)13(8-14(16)17)15(18)19-4/h5-7,11,13H,8H2,1-4H3. The fourth-order valence-electron chi connectivity index (χ4n) is 2.76. The Morgan fingerprint density at radius 2 is 1.84 bits per heavy atom. The Bertz CT molecular complexity index is 504. The quantitative estimate of drug-likeness (QED) is 0.767. The molecular weight excluding hydrogens is 242 g/mol. The van der Waals surface area contributed by atoms with E-state index in [1.165, 1.54) is 7.11 Å². The molecule has 19 heavy (non-hydrogen) atoms. The minimum Gasteiger partial charge on any atom is -0.469 e. The Kier molecular flexibility index (Phi) is 3.60. The largest absolute Gasteiger partial charge is 0.469 e. The van der Waals surface area contributed by atoms with Gasteiger partial charge in [-0.2, -0.15) is 0 Å². The van der Waals surface area contributed by atoms with Gasteiger partial charge in [-0.05, 0) is 44.0 Å². The van der Waals surface area contributed by atoms with Crippen molar-refractivity contribution in [1.82, 2.24) is 0 Å². The van der Waals surface area contributed by atoms with Crippen LogP contribution in [-0.2, 0) is 14.3 Å². The second-order valence-electron chi connectivity index (χ2n) is 5.18. The van der Waals surface area contributed by atoms with E-state index in [-0.39, 0.29) is 30.3 Å². The maximum absolute atomic E-state index is 12.2. The molecule has 1 aliphatic rings. The van der Waals surface area contributed by atoms with E-state index in [2.05, 4.69) is 6.07 Å². The maximum Gasteiger partial charge on any atom is 0.311 e. The summed E-state index contributed by atoms with van der Waals surface area (Å²) in [7, 11) is 1.36. The van der Waals surface area contributed by atoms with Gasteiger partial charge in [0.25, 0.3) is 0 Å². The first-order chi connectivity index (χ1) is 8.93. The van der Waals surface area contributed by atoms with Crippen LogP contribution in [0.3, 0.4) is 0 Å². The van der Waals surface area contributed by atoms with Crippen LogP contribution in [0.2, 0.25) is 0 Å². The zero-order valence-electron chi connectivity index (χ0n) is 11.8. The third-order valence-electron chi connectivity index (χ3n) is 3.64. The summed E-state index contributed by atoms with van der Waals surface area (Å²) in [4.78, 5) is 25.5. The molecule has 0 bridgehead atoms. The number of amides is 1. The van der Waals surface area contributed by atoms with Crippen LogP contribution in [0.25, 0.3) is 0 Å². The number of rotatable bonds is 2. The zero-order valence-corrected chi connectivity index (χ0v) is 11.8. The monoisotopic (exact) mass is 261 g/mol. The molecule has 1 saturated heterocycles. The van der Waals surface area contributed by atoms with E-state index in [9.17, 15) is 9.59 Å². The molecule has 2 atom stereocenters. The van der Waals surface area contributed by atoms with E-state index in [4.69, 9.17) is 4.74 Å². The van der Waals surface area contributed by atoms with Crippen molar-refractivity contribution in [3.8, 4) is 0 Å². The van der Waals surface area contributed by atoms with Crippen LogP contribution in [0, 0.1) is 19.8 Å². The third-order valence-corrected chi connectivity index (χ3v) is 3.64. The van der Waals surface area contributed by atoms with Gasteiger partial charge in [-0.3, -0.25) is 9.59 Å². The highest BCUT2D eigenvalue weighted by Gasteiger charge is 2.42. The Morgan fingerprint density at radius 1 is 1.26 bits per heavy atom. The lowest BCUT2D eigenvalue weighted by atomic mass is 10.0. The van der Waals surface area contributed by atoms with Crippen LogP contribution in [0.4, 0.5) is 5.69 Å². The fraction of sp³-hybridized carbons (Fsp3) is 0.467. The first-order valence-electron chi connectivity index (χ1n) is 6.42. The molecule has 2 rings (SSSR count). The summed E-state index contributed by atoms with van der Waals surface area (Å²) >= 11 is 0. The SMILES string of the molecule is COC(=O)C1CC(=O)N(c2cc(C)cc(C)c2)C1C. The van der Waals surface area contributed by atoms with E-state index in [1.54, 1.807) is 4.90 Å². The number of esters is 1. The topological polar surface area (TPSA) is 46.6 Å². The van der Waals surface area contributed by atoms with Crippen molar-refractivity contribution in [3.05, 3.63) is 29.3 Å². The van der Waals surface area contributed by atoms with Crippen LogP contribution >= 0.6 is 0 Å². The number of carbonyl (C=O) groups excluding carboxylic acids is 2. The summed E-state index contributed by atoms with van der Waals surface area (Å²) < 4.78 is 4.77. The number of nitrogens with zero attached hydrogens (tertiary/aromatic N) is 1. The van der Waals surface area contributed by atoms with Crippen LogP contribution in [-0.4, -0.2) is 25.0 Å². The summed E-state index contributed by atoms with van der Waals surface area (Å²) in [5.41, 5.74) is 3.08. The molecule has 0 spiro atoms. The van der Waals surface area contributed by atoms with E-state index < -0.39 is 0 Å². The van der Waals surface area contributed by atoms with Crippen molar-refractivity contribution in [2.45, 2.75) is 33.2 Å². The predicted molar refractivity (Wildman–Crippen MR) is 73.0 cm³/mol. The number of anilines is 1. The average molecular weight is 261 g/mol. The van der Waals surface area contributed by atoms with E-state index in [0.717, 1.165) is 16.8 Å². The molecular formula is C15H19NO3. The van der Waals surface area contributed by atoms with Crippen molar-refractivity contribution in [2.24, 2.45) is 5.92 Å². The summed E-state index contributed by atoms with van der Waals surface area (Å²) in [5, 5.41) is 0. The Labute approximate surface area is 113 Å². The van der Waals surface area contributed by atoms with Gasteiger partial charge in [-0.1, -0.05) is 6.07 Å². The van der Waals surface area contributed by atoms with Crippen LogP contribution in [0.15, 0.2) is 18.2 Å². The van der Waals surface area contributed by atoms with Crippen LogP contribution in [0.5, 0.6) is 0 Å². The van der Waals surface area contributed by atoms with Gasteiger partial charge in [0.2, 0.25) is 5.91 Å². The summed E-state index contributed by atoms with van der Waals surface area (Å²) in [6, 6.07) is 5.84. The number of methoxy groups -OCH3 is 1. The molecule has 4 heteroatoms. The fourth-order valence-corrected chi connectivity index (χ4v) is 2.76. The van der Waals surface area contributed by atoms with Gasteiger partial charge in [0.05, 0.1) is 13.0 Å². The lowest BCUT2D eigenvalue weighted by Crippen LogP contribution is -2.35. The van der Waals surface area contributed by atoms with Crippen molar-refractivity contribution in [2.75, 3.05) is 12.0 Å². The molecule has 4 nitrogen and oxygen atoms in total. The summed E-state index contributed by atoms with van der Waals surface area (Å²) in [6.07, 6.45) is 0.223. The van der Waals surface area contributed by atoms with Gasteiger partial charge in [0.1, 0.15) is 0 Å². The molecule has 102 valence electrons. The Morgan fingerprint density at radius 3 is 2.37 bits per heavy atom.